The number of hydroxylamine groups is 2. The third-order valence-corrected chi connectivity index (χ3v) is 8.77. The predicted octanol–water partition coefficient (Wildman–Crippen LogP) is 4.01. The van der Waals surface area contributed by atoms with Crippen molar-refractivity contribution in [3.8, 4) is 17.1 Å². The smallest absolute Gasteiger partial charge is 0.328 e. The van der Waals surface area contributed by atoms with Crippen LogP contribution in [0.4, 0.5) is 0 Å². The van der Waals surface area contributed by atoms with Crippen LogP contribution in [0.15, 0.2) is 77.2 Å². The molecule has 0 aliphatic heterocycles. The zero-order chi connectivity index (χ0) is 39.2. The highest BCUT2D eigenvalue weighted by atomic mass is 16.5. The van der Waals surface area contributed by atoms with Crippen LogP contribution in [0.5, 0.6) is 5.75 Å². The lowest BCUT2D eigenvalue weighted by Gasteiger charge is -2.29. The summed E-state index contributed by atoms with van der Waals surface area (Å²) in [5.41, 5.74) is 1.52. The van der Waals surface area contributed by atoms with Gasteiger partial charge >= 0.3 is 11.9 Å². The summed E-state index contributed by atoms with van der Waals surface area (Å²) in [5.74, 6) is -3.77. The molecule has 1 aromatic heterocycles. The number of hydrogen-bond donors (Lipinski definition) is 4. The van der Waals surface area contributed by atoms with Gasteiger partial charge in [-0.2, -0.15) is 0 Å². The molecule has 0 radical (unpaired) electrons. The molecule has 4 amide bonds. The van der Waals surface area contributed by atoms with Gasteiger partial charge in [0.2, 0.25) is 12.3 Å². The molecule has 4 aromatic rings. The van der Waals surface area contributed by atoms with E-state index in [4.69, 9.17) is 13.9 Å². The highest BCUT2D eigenvalue weighted by Gasteiger charge is 2.31. The van der Waals surface area contributed by atoms with Crippen molar-refractivity contribution >= 4 is 46.8 Å². The van der Waals surface area contributed by atoms with Crippen LogP contribution < -0.4 is 20.7 Å². The van der Waals surface area contributed by atoms with E-state index in [9.17, 15) is 34.0 Å². The van der Waals surface area contributed by atoms with E-state index in [0.717, 1.165) is 30.6 Å². The summed E-state index contributed by atoms with van der Waals surface area (Å²) in [6.07, 6.45) is 0.979. The molecular formula is C39H44N4O11. The third kappa shape index (κ3) is 10.4. The Labute approximate surface area is 311 Å². The lowest BCUT2D eigenvalue weighted by molar-refractivity contribution is -0.168. The number of rotatable bonds is 19. The quantitative estimate of drug-likeness (QED) is 0.0355. The van der Waals surface area contributed by atoms with Crippen molar-refractivity contribution in [2.75, 3.05) is 27.5 Å². The van der Waals surface area contributed by atoms with E-state index in [1.807, 2.05) is 42.5 Å². The normalized spacial score (nSPS) is 12.5. The van der Waals surface area contributed by atoms with Crippen LogP contribution in [0.25, 0.3) is 22.1 Å². The second kappa shape index (κ2) is 19.6. The van der Waals surface area contributed by atoms with Crippen LogP contribution >= 0.6 is 0 Å². The van der Waals surface area contributed by atoms with E-state index < -0.39 is 54.1 Å². The molecule has 286 valence electrons. The number of aryl methyl sites for hydroxylation is 1. The number of benzene rings is 3. The molecule has 54 heavy (non-hydrogen) atoms. The topological polar surface area (TPSA) is 203 Å². The molecule has 0 bridgehead atoms. The average molecular weight is 745 g/mol. The number of ether oxygens (including phenoxy) is 3. The summed E-state index contributed by atoms with van der Waals surface area (Å²) in [7, 11) is 2.28. The van der Waals surface area contributed by atoms with Crippen molar-refractivity contribution in [2.45, 2.75) is 51.6 Å². The molecule has 3 atom stereocenters. The Morgan fingerprint density at radius 1 is 0.889 bits per heavy atom. The first-order valence-electron chi connectivity index (χ1n) is 17.3. The van der Waals surface area contributed by atoms with E-state index in [1.165, 1.54) is 18.2 Å². The number of esters is 2. The van der Waals surface area contributed by atoms with Gasteiger partial charge in [0.25, 0.3) is 11.8 Å². The standard InChI is InChI=1S/C39H44N4O11/c1-5-31(43(50)23-44)28(15-12-24-11-13-25-9-7-8-10-26(25)19-24)36(46)40-22-41-38(48)33-18-17-32(54-33)27-14-16-29(34(20-27)53-6-2)37(47)42-30(39(49)52-4)21-35(45)51-3/h7-11,13-14,16-20,23,28,30-31,50H,5-6,12,15,21-22H2,1-4H3,(H,40,46)(H,41,48)(H,42,47)/t28-,30?,31-/m1/s1. The number of nitrogens with zero attached hydrogens (tertiary/aromatic N) is 1. The van der Waals surface area contributed by atoms with Gasteiger partial charge in [0.05, 0.1) is 51.4 Å². The van der Waals surface area contributed by atoms with Crippen LogP contribution in [0.3, 0.4) is 0 Å². The summed E-state index contributed by atoms with van der Waals surface area (Å²) in [6, 6.07) is 19.4. The van der Waals surface area contributed by atoms with Crippen LogP contribution in [-0.4, -0.2) is 85.9 Å². The van der Waals surface area contributed by atoms with E-state index in [-0.39, 0.29) is 42.5 Å². The largest absolute Gasteiger partial charge is 0.493 e. The Balaban J connectivity index is 1.41. The van der Waals surface area contributed by atoms with E-state index in [1.54, 1.807) is 26.0 Å². The summed E-state index contributed by atoms with van der Waals surface area (Å²) < 4.78 is 20.8. The fourth-order valence-corrected chi connectivity index (χ4v) is 5.95. The van der Waals surface area contributed by atoms with E-state index in [0.29, 0.717) is 29.9 Å². The summed E-state index contributed by atoms with van der Waals surface area (Å²) in [5, 5.41) is 20.7. The van der Waals surface area contributed by atoms with Gasteiger partial charge in [-0.15, -0.1) is 0 Å². The summed E-state index contributed by atoms with van der Waals surface area (Å²) >= 11 is 0. The zero-order valence-electron chi connectivity index (χ0n) is 30.5. The van der Waals surface area contributed by atoms with Crippen molar-refractivity contribution in [2.24, 2.45) is 5.92 Å². The maximum atomic E-state index is 13.4. The van der Waals surface area contributed by atoms with Crippen molar-refractivity contribution < 1.29 is 52.6 Å². The van der Waals surface area contributed by atoms with Crippen LogP contribution in [0.1, 0.15) is 59.6 Å². The van der Waals surface area contributed by atoms with Crippen molar-refractivity contribution in [3.05, 3.63) is 89.7 Å². The molecule has 0 saturated carbocycles. The van der Waals surface area contributed by atoms with Crippen molar-refractivity contribution in [3.63, 3.8) is 0 Å². The van der Waals surface area contributed by atoms with Gasteiger partial charge in [-0.1, -0.05) is 55.5 Å². The molecule has 0 fully saturated rings. The molecule has 3 aromatic carbocycles. The van der Waals surface area contributed by atoms with Crippen molar-refractivity contribution in [1.82, 2.24) is 21.0 Å². The molecular weight excluding hydrogens is 700 g/mol. The number of methoxy groups -OCH3 is 2. The average Bonchev–Trinajstić information content (AvgIpc) is 3.69. The lowest BCUT2D eigenvalue weighted by Crippen LogP contribution is -2.47. The van der Waals surface area contributed by atoms with Crippen molar-refractivity contribution in [1.29, 1.82) is 0 Å². The maximum absolute atomic E-state index is 13.4. The van der Waals surface area contributed by atoms with Gasteiger partial charge in [-0.25, -0.2) is 9.86 Å². The first-order chi connectivity index (χ1) is 26.0. The highest BCUT2D eigenvalue weighted by molar-refractivity contribution is 6.00. The molecule has 4 rings (SSSR count). The minimum absolute atomic E-state index is 0.0652. The fraction of sp³-hybridized carbons (Fsp3) is 0.333. The van der Waals surface area contributed by atoms with E-state index >= 15 is 0 Å². The maximum Gasteiger partial charge on any atom is 0.328 e. The number of carbonyl (C=O) groups is 6. The molecule has 15 heteroatoms. The first-order valence-corrected chi connectivity index (χ1v) is 17.3. The Kier molecular flexibility index (Phi) is 14.7. The summed E-state index contributed by atoms with van der Waals surface area (Å²) in [4.78, 5) is 75.0. The van der Waals surface area contributed by atoms with Crippen LogP contribution in [-0.2, 0) is 35.1 Å². The molecule has 0 aliphatic rings. The second-order valence-corrected chi connectivity index (χ2v) is 12.1. The minimum Gasteiger partial charge on any atom is -0.493 e. The molecule has 0 aliphatic carbocycles. The highest BCUT2D eigenvalue weighted by Crippen LogP contribution is 2.29. The lowest BCUT2D eigenvalue weighted by atomic mass is 9.89. The number of fused-ring (bicyclic) bond motifs is 1. The Morgan fingerprint density at radius 3 is 2.33 bits per heavy atom. The SMILES string of the molecule is CCOc1cc(-c2ccc(C(=O)NCNC(=O)[C@H](CCc3ccc4ccccc4c3)[C@@H](CC)N(O)C=O)o2)ccc1C(=O)NC(CC(=O)OC)C(=O)OC. The Hall–Kier alpha value is -6.22. The predicted molar refractivity (Wildman–Crippen MR) is 195 cm³/mol. The second-order valence-electron chi connectivity index (χ2n) is 12.1. The zero-order valence-corrected chi connectivity index (χ0v) is 30.5. The number of amides is 4. The molecule has 1 heterocycles. The fourth-order valence-electron chi connectivity index (χ4n) is 5.95. The summed E-state index contributed by atoms with van der Waals surface area (Å²) in [6.45, 7) is 3.41. The van der Waals surface area contributed by atoms with Gasteiger partial charge in [0, 0.05) is 5.56 Å². The van der Waals surface area contributed by atoms with Gasteiger partial charge in [-0.3, -0.25) is 29.2 Å². The van der Waals surface area contributed by atoms with Gasteiger partial charge < -0.3 is 34.6 Å². The number of carbonyl (C=O) groups excluding carboxylic acids is 6. The van der Waals surface area contributed by atoms with E-state index in [2.05, 4.69) is 20.7 Å². The third-order valence-electron chi connectivity index (χ3n) is 8.77. The Morgan fingerprint density at radius 2 is 1.65 bits per heavy atom. The van der Waals surface area contributed by atoms with Gasteiger partial charge in [0.1, 0.15) is 17.6 Å². The number of hydrogen-bond acceptors (Lipinski definition) is 11. The molecule has 15 nitrogen and oxygen atoms in total. The molecule has 0 saturated heterocycles. The van der Waals surface area contributed by atoms with Crippen LogP contribution in [0, 0.1) is 5.92 Å². The first kappa shape index (κ1) is 40.5. The molecule has 0 spiro atoms. The van der Waals surface area contributed by atoms with Gasteiger partial charge in [0.15, 0.2) is 5.76 Å². The number of nitrogens with one attached hydrogen (secondary N) is 3. The molecule has 4 N–H and O–H groups in total. The van der Waals surface area contributed by atoms with Gasteiger partial charge in [-0.05, 0) is 66.8 Å². The Bertz CT molecular complexity index is 1960. The monoisotopic (exact) mass is 744 g/mol. The number of furan rings is 1. The molecule has 1 unspecified atom stereocenters. The minimum atomic E-state index is -1.30. The van der Waals surface area contributed by atoms with Crippen LogP contribution in [0.2, 0.25) is 0 Å².